The first-order valence-electron chi connectivity index (χ1n) is 6.97. The molecule has 0 atom stereocenters. The van der Waals surface area contributed by atoms with Crippen molar-refractivity contribution in [1.29, 1.82) is 0 Å². The standard InChI is InChI=1S/C16H19NO2S/c1-13(2)4-7-15-10-11-17(12-15)20(18,19)16-8-5-14(3)6-9-16/h5-10H,11-12H2,1-3H3/i7D. The van der Waals surface area contributed by atoms with Crippen molar-refractivity contribution in [3.05, 3.63) is 58.8 Å². The molecule has 20 heavy (non-hydrogen) atoms. The van der Waals surface area contributed by atoms with Crippen molar-refractivity contribution in [3.63, 3.8) is 0 Å². The molecule has 4 heteroatoms. The molecule has 1 aliphatic rings. The minimum atomic E-state index is -3.50. The topological polar surface area (TPSA) is 37.4 Å². The van der Waals surface area contributed by atoms with Crippen LogP contribution in [0.4, 0.5) is 0 Å². The predicted octanol–water partition coefficient (Wildman–Crippen LogP) is 3.05. The van der Waals surface area contributed by atoms with E-state index in [0.29, 0.717) is 17.0 Å². The second-order valence-corrected chi connectivity index (χ2v) is 7.03. The summed E-state index contributed by atoms with van der Waals surface area (Å²) in [4.78, 5) is 0.292. The minimum absolute atomic E-state index is 0.231. The molecule has 0 bridgehead atoms. The molecule has 3 nitrogen and oxygen atoms in total. The molecule has 0 spiro atoms. The summed E-state index contributed by atoms with van der Waals surface area (Å²) in [5, 5.41) is 0. The zero-order chi connectivity index (χ0) is 15.6. The molecule has 1 aromatic rings. The Morgan fingerprint density at radius 2 is 2.00 bits per heavy atom. The fourth-order valence-electron chi connectivity index (χ4n) is 1.87. The third-order valence-electron chi connectivity index (χ3n) is 3.02. The highest BCUT2D eigenvalue weighted by Gasteiger charge is 2.27. The number of hydrogen-bond acceptors (Lipinski definition) is 2. The lowest BCUT2D eigenvalue weighted by atomic mass is 10.2. The Balaban J connectivity index is 2.23. The van der Waals surface area contributed by atoms with Crippen LogP contribution in [-0.4, -0.2) is 25.8 Å². The Kier molecular flexibility index (Phi) is 3.88. The Bertz CT molecular complexity index is 735. The minimum Gasteiger partial charge on any atom is -0.207 e. The Labute approximate surface area is 122 Å². The zero-order valence-electron chi connectivity index (χ0n) is 13.0. The number of rotatable bonds is 3. The summed E-state index contributed by atoms with van der Waals surface area (Å²) >= 11 is 0. The Morgan fingerprint density at radius 1 is 1.35 bits per heavy atom. The van der Waals surface area contributed by atoms with Crippen LogP contribution in [0.5, 0.6) is 0 Å². The predicted molar refractivity (Wildman–Crippen MR) is 81.0 cm³/mol. The van der Waals surface area contributed by atoms with Crippen LogP contribution in [0.3, 0.4) is 0 Å². The Hall–Kier alpha value is -1.61. The number of sulfonamides is 1. The van der Waals surface area contributed by atoms with Gasteiger partial charge in [0.05, 0.1) is 6.27 Å². The van der Waals surface area contributed by atoms with E-state index >= 15 is 0 Å². The van der Waals surface area contributed by atoms with Crippen LogP contribution in [0.15, 0.2) is 58.2 Å². The average Bonchev–Trinajstić information content (AvgIpc) is 2.88. The molecule has 0 saturated carbocycles. The van der Waals surface area contributed by atoms with Gasteiger partial charge in [-0.05, 0) is 50.1 Å². The maximum absolute atomic E-state index is 12.5. The number of hydrogen-bond donors (Lipinski definition) is 0. The highest BCUT2D eigenvalue weighted by Crippen LogP contribution is 2.21. The van der Waals surface area contributed by atoms with E-state index in [9.17, 15) is 8.42 Å². The van der Waals surface area contributed by atoms with Crippen LogP contribution in [-0.2, 0) is 10.0 Å². The molecule has 0 amide bonds. The first kappa shape index (κ1) is 13.4. The van der Waals surface area contributed by atoms with Crippen molar-refractivity contribution in [2.24, 2.45) is 0 Å². The quantitative estimate of drug-likeness (QED) is 0.802. The van der Waals surface area contributed by atoms with Crippen molar-refractivity contribution in [1.82, 2.24) is 4.31 Å². The lowest BCUT2D eigenvalue weighted by Crippen LogP contribution is -2.29. The molecule has 0 aromatic heterocycles. The summed E-state index contributed by atoms with van der Waals surface area (Å²) in [5.74, 6) is 0. The summed E-state index contributed by atoms with van der Waals surface area (Å²) in [6, 6.07) is 7.08. The van der Waals surface area contributed by atoms with Crippen LogP contribution in [0.1, 0.15) is 20.8 Å². The molecule has 0 saturated heterocycles. The molecule has 106 valence electrons. The third-order valence-corrected chi connectivity index (χ3v) is 4.85. The highest BCUT2D eigenvalue weighted by molar-refractivity contribution is 7.89. The maximum atomic E-state index is 12.5. The van der Waals surface area contributed by atoms with E-state index in [0.717, 1.165) is 11.1 Å². The summed E-state index contributed by atoms with van der Waals surface area (Å²) in [6.45, 7) is 6.19. The van der Waals surface area contributed by atoms with Crippen LogP contribution in [0.25, 0.3) is 0 Å². The van der Waals surface area contributed by atoms with Crippen molar-refractivity contribution >= 4 is 10.0 Å². The molecule has 1 aromatic carbocycles. The van der Waals surface area contributed by atoms with Crippen LogP contribution < -0.4 is 0 Å². The molecule has 0 N–H and O–H groups in total. The van der Waals surface area contributed by atoms with Gasteiger partial charge in [0.15, 0.2) is 0 Å². The fraction of sp³-hybridized carbons (Fsp3) is 0.312. The Morgan fingerprint density at radius 3 is 2.60 bits per heavy atom. The largest absolute Gasteiger partial charge is 0.243 e. The van der Waals surface area contributed by atoms with Crippen molar-refractivity contribution in [2.75, 3.05) is 13.1 Å². The molecule has 0 radical (unpaired) electrons. The molecule has 0 fully saturated rings. The average molecular weight is 290 g/mol. The van der Waals surface area contributed by atoms with E-state index in [1.54, 1.807) is 30.3 Å². The van der Waals surface area contributed by atoms with E-state index in [-0.39, 0.29) is 12.6 Å². The summed E-state index contributed by atoms with van der Waals surface area (Å²) in [6.07, 6.45) is 1.78. The van der Waals surface area contributed by atoms with Gasteiger partial charge in [-0.25, -0.2) is 8.42 Å². The fourth-order valence-corrected chi connectivity index (χ4v) is 3.23. The van der Waals surface area contributed by atoms with Gasteiger partial charge in [0.1, 0.15) is 0 Å². The van der Waals surface area contributed by atoms with Gasteiger partial charge in [-0.3, -0.25) is 0 Å². The molecule has 1 heterocycles. The molecular formula is C16H19NO2S. The molecular weight excluding hydrogens is 270 g/mol. The van der Waals surface area contributed by atoms with E-state index in [4.69, 9.17) is 1.37 Å². The van der Waals surface area contributed by atoms with Crippen molar-refractivity contribution in [2.45, 2.75) is 25.7 Å². The van der Waals surface area contributed by atoms with E-state index < -0.39 is 10.0 Å². The second-order valence-electron chi connectivity index (χ2n) is 5.09. The molecule has 0 aliphatic carbocycles. The monoisotopic (exact) mass is 290 g/mol. The summed E-state index contributed by atoms with van der Waals surface area (Å²) in [5.41, 5.74) is 5.54. The summed E-state index contributed by atoms with van der Waals surface area (Å²) in [7, 11) is -3.50. The first-order chi connectivity index (χ1) is 9.80. The summed E-state index contributed by atoms with van der Waals surface area (Å²) < 4.78 is 34.4. The molecule has 1 aliphatic heterocycles. The van der Waals surface area contributed by atoms with Gasteiger partial charge in [0, 0.05) is 13.1 Å². The third kappa shape index (κ3) is 3.28. The number of nitrogens with zero attached hydrogens (tertiary/aromatic N) is 1. The lowest BCUT2D eigenvalue weighted by molar-refractivity contribution is 0.485. The van der Waals surface area contributed by atoms with E-state index in [1.807, 2.05) is 20.8 Å². The van der Waals surface area contributed by atoms with Gasteiger partial charge in [-0.1, -0.05) is 23.8 Å². The zero-order valence-corrected chi connectivity index (χ0v) is 12.8. The lowest BCUT2D eigenvalue weighted by Gasteiger charge is -2.16. The van der Waals surface area contributed by atoms with Crippen molar-refractivity contribution in [3.8, 4) is 0 Å². The SMILES string of the molecule is [2H]C(=C=C(C)C)C1=CCN(S(=O)(=O)c2ccc(C)cc2)C1. The van der Waals surface area contributed by atoms with Crippen LogP contribution >= 0.6 is 0 Å². The van der Waals surface area contributed by atoms with E-state index in [1.165, 1.54) is 4.31 Å². The first-order valence-corrected chi connectivity index (χ1v) is 7.91. The number of benzene rings is 1. The van der Waals surface area contributed by atoms with Gasteiger partial charge in [-0.15, -0.1) is 5.73 Å². The van der Waals surface area contributed by atoms with E-state index in [2.05, 4.69) is 5.73 Å². The second kappa shape index (κ2) is 5.80. The van der Waals surface area contributed by atoms with Gasteiger partial charge >= 0.3 is 0 Å². The van der Waals surface area contributed by atoms with Gasteiger partial charge in [0.25, 0.3) is 0 Å². The van der Waals surface area contributed by atoms with Crippen LogP contribution in [0, 0.1) is 6.92 Å². The maximum Gasteiger partial charge on any atom is 0.243 e. The molecule has 2 rings (SSSR count). The van der Waals surface area contributed by atoms with Gasteiger partial charge in [0.2, 0.25) is 10.0 Å². The smallest absolute Gasteiger partial charge is 0.207 e. The van der Waals surface area contributed by atoms with Gasteiger partial charge in [-0.2, -0.15) is 4.31 Å². The number of aryl methyl sites for hydroxylation is 1. The van der Waals surface area contributed by atoms with Crippen molar-refractivity contribution < 1.29 is 9.79 Å². The molecule has 0 unspecified atom stereocenters. The van der Waals surface area contributed by atoms with Crippen LogP contribution in [0.2, 0.25) is 0 Å². The normalized spacial score (nSPS) is 16.4. The highest BCUT2D eigenvalue weighted by atomic mass is 32.2. The van der Waals surface area contributed by atoms with Gasteiger partial charge < -0.3 is 0 Å².